The van der Waals surface area contributed by atoms with Crippen LogP contribution in [0.5, 0.6) is 0 Å². The predicted molar refractivity (Wildman–Crippen MR) is 277 cm³/mol. The highest BCUT2D eigenvalue weighted by Crippen LogP contribution is 2.23. The SMILES string of the molecule is CCCCCCCCCCCCCCCCCCCCCCCCCCCCCC(O)C(COC1OC(CO)C(O)C(O)C1O)NC(=O)CCCCCCCCCCCCCCCCCC. The van der Waals surface area contributed by atoms with Gasteiger partial charge in [-0.2, -0.15) is 0 Å². The fraction of sp³-hybridized carbons (Fsp3) is 0.982. The van der Waals surface area contributed by atoms with Gasteiger partial charge in [0.15, 0.2) is 6.29 Å². The van der Waals surface area contributed by atoms with Crippen LogP contribution >= 0.6 is 0 Å². The second kappa shape index (κ2) is 47.8. The highest BCUT2D eigenvalue weighted by atomic mass is 16.7. The number of nitrogens with one attached hydrogen (secondary N) is 1. The molecule has 66 heavy (non-hydrogen) atoms. The Morgan fingerprint density at radius 3 is 1.08 bits per heavy atom. The number of hydrogen-bond donors (Lipinski definition) is 6. The van der Waals surface area contributed by atoms with E-state index in [1.165, 1.54) is 238 Å². The number of rotatable bonds is 51. The first kappa shape index (κ1) is 63.2. The number of hydrogen-bond acceptors (Lipinski definition) is 8. The molecule has 1 aliphatic rings. The molecule has 1 aliphatic heterocycles. The molecule has 1 fully saturated rings. The molecule has 0 bridgehead atoms. The van der Waals surface area contributed by atoms with Crippen molar-refractivity contribution in [2.24, 2.45) is 0 Å². The smallest absolute Gasteiger partial charge is 0.220 e. The first-order valence-corrected chi connectivity index (χ1v) is 29.2. The van der Waals surface area contributed by atoms with Gasteiger partial charge in [-0.1, -0.05) is 284 Å². The van der Waals surface area contributed by atoms with Gasteiger partial charge in [-0.15, -0.1) is 0 Å². The molecule has 394 valence electrons. The van der Waals surface area contributed by atoms with Gasteiger partial charge in [-0.3, -0.25) is 4.79 Å². The van der Waals surface area contributed by atoms with Gasteiger partial charge in [0.1, 0.15) is 24.4 Å². The minimum absolute atomic E-state index is 0.131. The Morgan fingerprint density at radius 1 is 0.455 bits per heavy atom. The van der Waals surface area contributed by atoms with Crippen molar-refractivity contribution in [2.75, 3.05) is 13.2 Å². The summed E-state index contributed by atoms with van der Waals surface area (Å²) < 4.78 is 11.3. The molecule has 9 nitrogen and oxygen atoms in total. The molecule has 1 rings (SSSR count). The van der Waals surface area contributed by atoms with Crippen molar-refractivity contribution in [3.8, 4) is 0 Å². The lowest BCUT2D eigenvalue weighted by Crippen LogP contribution is -2.60. The third-order valence-corrected chi connectivity index (χ3v) is 14.5. The van der Waals surface area contributed by atoms with Gasteiger partial charge >= 0.3 is 0 Å². The summed E-state index contributed by atoms with van der Waals surface area (Å²) in [4.78, 5) is 13.0. The van der Waals surface area contributed by atoms with Crippen molar-refractivity contribution in [1.82, 2.24) is 5.32 Å². The maximum Gasteiger partial charge on any atom is 0.220 e. The molecule has 0 radical (unpaired) electrons. The number of carbonyl (C=O) groups excluding carboxylic acids is 1. The lowest BCUT2D eigenvalue weighted by atomic mass is 9.99. The summed E-state index contributed by atoms with van der Waals surface area (Å²) in [5.41, 5.74) is 0. The van der Waals surface area contributed by atoms with Gasteiger partial charge < -0.3 is 40.3 Å². The summed E-state index contributed by atoms with van der Waals surface area (Å²) in [6, 6.07) is -0.713. The minimum Gasteiger partial charge on any atom is -0.394 e. The molecular formula is C57H113NO8. The summed E-state index contributed by atoms with van der Waals surface area (Å²) >= 11 is 0. The normalized spacial score (nSPS) is 19.7. The lowest BCUT2D eigenvalue weighted by Gasteiger charge is -2.40. The van der Waals surface area contributed by atoms with E-state index in [0.29, 0.717) is 12.8 Å². The summed E-state index contributed by atoms with van der Waals surface area (Å²) in [7, 11) is 0. The van der Waals surface area contributed by atoms with Crippen LogP contribution in [0.1, 0.15) is 303 Å². The molecule has 0 spiro atoms. The van der Waals surface area contributed by atoms with Gasteiger partial charge in [0.2, 0.25) is 5.91 Å². The molecule has 1 saturated heterocycles. The number of aliphatic hydroxyl groups is 5. The maximum absolute atomic E-state index is 13.0. The van der Waals surface area contributed by atoms with Crippen LogP contribution in [0.4, 0.5) is 0 Å². The van der Waals surface area contributed by atoms with E-state index in [9.17, 15) is 30.3 Å². The van der Waals surface area contributed by atoms with E-state index in [0.717, 1.165) is 38.5 Å². The monoisotopic (exact) mass is 940 g/mol. The van der Waals surface area contributed by atoms with Gasteiger partial charge in [-0.05, 0) is 12.8 Å². The Kier molecular flexibility index (Phi) is 45.8. The third-order valence-electron chi connectivity index (χ3n) is 14.5. The van der Waals surface area contributed by atoms with Crippen LogP contribution in [0.25, 0.3) is 0 Å². The van der Waals surface area contributed by atoms with Crippen molar-refractivity contribution in [3.05, 3.63) is 0 Å². The largest absolute Gasteiger partial charge is 0.394 e. The zero-order chi connectivity index (χ0) is 48.0. The highest BCUT2D eigenvalue weighted by Gasteiger charge is 2.44. The Labute approximate surface area is 408 Å². The van der Waals surface area contributed by atoms with Crippen LogP contribution in [0.15, 0.2) is 0 Å². The molecule has 0 saturated carbocycles. The Morgan fingerprint density at radius 2 is 0.758 bits per heavy atom. The van der Waals surface area contributed by atoms with Crippen molar-refractivity contribution < 1.29 is 39.8 Å². The Bertz CT molecular complexity index is 1000. The quantitative estimate of drug-likeness (QED) is 0.0330. The lowest BCUT2D eigenvalue weighted by molar-refractivity contribution is -0.302. The molecule has 7 atom stereocenters. The molecule has 0 aliphatic carbocycles. The average Bonchev–Trinajstić information content (AvgIpc) is 3.32. The minimum atomic E-state index is -1.55. The van der Waals surface area contributed by atoms with Gasteiger partial charge in [-0.25, -0.2) is 0 Å². The fourth-order valence-corrected chi connectivity index (χ4v) is 9.81. The third kappa shape index (κ3) is 37.1. The number of amides is 1. The van der Waals surface area contributed by atoms with E-state index in [-0.39, 0.29) is 12.5 Å². The van der Waals surface area contributed by atoms with E-state index >= 15 is 0 Å². The number of unbranched alkanes of at least 4 members (excludes halogenated alkanes) is 41. The van der Waals surface area contributed by atoms with Crippen molar-refractivity contribution in [3.63, 3.8) is 0 Å². The predicted octanol–water partition coefficient (Wildman–Crippen LogP) is 14.2. The molecule has 1 heterocycles. The van der Waals surface area contributed by atoms with Gasteiger partial charge in [0.05, 0.1) is 25.4 Å². The summed E-state index contributed by atoms with van der Waals surface area (Å²) in [5, 5.41) is 54.7. The average molecular weight is 941 g/mol. The van der Waals surface area contributed by atoms with Gasteiger partial charge in [0, 0.05) is 6.42 Å². The molecule has 6 N–H and O–H groups in total. The molecule has 9 heteroatoms. The topological polar surface area (TPSA) is 149 Å². The Hall–Kier alpha value is -0.810. The van der Waals surface area contributed by atoms with Crippen LogP contribution in [-0.4, -0.2) is 87.5 Å². The van der Waals surface area contributed by atoms with Crippen LogP contribution in [0.2, 0.25) is 0 Å². The number of ether oxygens (including phenoxy) is 2. The second-order valence-corrected chi connectivity index (χ2v) is 20.8. The molecule has 0 aromatic heterocycles. The van der Waals surface area contributed by atoms with E-state index in [2.05, 4.69) is 19.2 Å². The molecule has 0 aromatic rings. The number of aliphatic hydroxyl groups excluding tert-OH is 5. The van der Waals surface area contributed by atoms with E-state index < -0.39 is 49.5 Å². The molecule has 7 unspecified atom stereocenters. The van der Waals surface area contributed by atoms with Crippen LogP contribution < -0.4 is 5.32 Å². The maximum atomic E-state index is 13.0. The van der Waals surface area contributed by atoms with Crippen LogP contribution in [-0.2, 0) is 14.3 Å². The van der Waals surface area contributed by atoms with Crippen molar-refractivity contribution >= 4 is 5.91 Å². The summed E-state index contributed by atoms with van der Waals surface area (Å²) in [6.45, 7) is 3.88. The van der Waals surface area contributed by atoms with Crippen molar-refractivity contribution in [2.45, 2.75) is 346 Å². The van der Waals surface area contributed by atoms with Gasteiger partial charge in [0.25, 0.3) is 0 Å². The van der Waals surface area contributed by atoms with E-state index in [1.54, 1.807) is 0 Å². The van der Waals surface area contributed by atoms with E-state index in [1.807, 2.05) is 0 Å². The summed E-state index contributed by atoms with van der Waals surface area (Å²) in [6.07, 6.45) is 49.9. The Balaban J connectivity index is 2.16. The first-order valence-electron chi connectivity index (χ1n) is 29.2. The molecule has 1 amide bonds. The standard InChI is InChI=1S/C57H113NO8/c1-3-5-7-9-11-13-15-17-19-21-22-23-24-25-26-27-28-29-30-31-32-34-36-38-40-42-44-46-51(60)50(49-65-57-56(64)55(63)54(62)52(48-59)66-57)58-53(61)47-45-43-41-39-37-35-33-20-18-16-14-12-10-8-6-4-2/h50-52,54-57,59-60,62-64H,3-49H2,1-2H3,(H,58,61). The molecule has 0 aromatic carbocycles. The summed E-state index contributed by atoms with van der Waals surface area (Å²) in [5.74, 6) is -0.137. The first-order chi connectivity index (χ1) is 32.3. The second-order valence-electron chi connectivity index (χ2n) is 20.8. The zero-order valence-corrected chi connectivity index (χ0v) is 43.7. The highest BCUT2D eigenvalue weighted by molar-refractivity contribution is 5.76. The van der Waals surface area contributed by atoms with Crippen LogP contribution in [0, 0.1) is 0 Å². The fourth-order valence-electron chi connectivity index (χ4n) is 9.81. The van der Waals surface area contributed by atoms with Crippen molar-refractivity contribution in [1.29, 1.82) is 0 Å². The number of carbonyl (C=O) groups is 1. The van der Waals surface area contributed by atoms with E-state index in [4.69, 9.17) is 9.47 Å². The van der Waals surface area contributed by atoms with Crippen LogP contribution in [0.3, 0.4) is 0 Å². The molecular weight excluding hydrogens is 827 g/mol. The zero-order valence-electron chi connectivity index (χ0n) is 43.7.